The molecule has 0 aliphatic carbocycles. The highest BCUT2D eigenvalue weighted by atomic mass is 19.1. The van der Waals surface area contributed by atoms with Crippen molar-refractivity contribution in [3.8, 4) is 0 Å². The summed E-state index contributed by atoms with van der Waals surface area (Å²) in [5, 5.41) is 2.96. The van der Waals surface area contributed by atoms with Gasteiger partial charge in [0, 0.05) is 38.3 Å². The molecule has 1 N–H and O–H groups in total. The fourth-order valence-corrected chi connectivity index (χ4v) is 3.96. The molecular weight excluding hydrogens is 371 g/mol. The van der Waals surface area contributed by atoms with Gasteiger partial charge in [-0.05, 0) is 56.0 Å². The fourth-order valence-electron chi connectivity index (χ4n) is 3.96. The van der Waals surface area contributed by atoms with E-state index in [-0.39, 0.29) is 5.91 Å². The average Bonchev–Trinajstić information content (AvgIpc) is 3.11. The van der Waals surface area contributed by atoms with Crippen molar-refractivity contribution in [1.82, 2.24) is 4.98 Å². The van der Waals surface area contributed by atoms with Crippen molar-refractivity contribution in [2.45, 2.75) is 26.2 Å². The Morgan fingerprint density at radius 2 is 1.79 bits per heavy atom. The minimum Gasteiger partial charge on any atom is -0.380 e. The van der Waals surface area contributed by atoms with Crippen molar-refractivity contribution >= 4 is 23.2 Å². The van der Waals surface area contributed by atoms with Gasteiger partial charge in [-0.15, -0.1) is 0 Å². The Kier molecular flexibility index (Phi) is 5.94. The maximum absolute atomic E-state index is 13.5. The third-order valence-electron chi connectivity index (χ3n) is 5.43. The molecule has 0 atom stereocenters. The van der Waals surface area contributed by atoms with Gasteiger partial charge in [0.15, 0.2) is 5.82 Å². The number of nitrogens with one attached hydrogen (secondary N) is 1. The van der Waals surface area contributed by atoms with Crippen LogP contribution < -0.4 is 15.1 Å². The predicted octanol–water partition coefficient (Wildman–Crippen LogP) is 3.61. The number of carbonyl (C=O) groups is 1. The molecule has 3 heterocycles. The third-order valence-corrected chi connectivity index (χ3v) is 5.43. The summed E-state index contributed by atoms with van der Waals surface area (Å²) < 4.78 is 19.1. The van der Waals surface area contributed by atoms with E-state index in [1.807, 2.05) is 13.0 Å². The molecule has 2 aromatic rings. The van der Waals surface area contributed by atoms with E-state index in [2.05, 4.69) is 15.1 Å². The summed E-state index contributed by atoms with van der Waals surface area (Å²) in [5.41, 5.74) is 1.97. The summed E-state index contributed by atoms with van der Waals surface area (Å²) in [4.78, 5) is 22.2. The summed E-state index contributed by atoms with van der Waals surface area (Å²) in [6.07, 6.45) is 3.19. The smallest absolute Gasteiger partial charge is 0.255 e. The van der Waals surface area contributed by atoms with Crippen molar-refractivity contribution in [1.29, 1.82) is 0 Å². The number of amides is 1. The molecular formula is C22H27FN4O2. The molecule has 154 valence electrons. The Labute approximate surface area is 170 Å². The summed E-state index contributed by atoms with van der Waals surface area (Å²) in [7, 11) is 0. The standard InChI is InChI=1S/C22H27FN4O2/c1-16-14-19(24-22(28)17-6-4-7-18(23)15-17)21(26-8-2-3-9-26)25-20(16)27-10-5-12-29-13-11-27/h4,6-7,14-15H,2-3,5,8-13H2,1H3,(H,24,28). The first-order valence-electron chi connectivity index (χ1n) is 10.3. The minimum absolute atomic E-state index is 0.295. The molecule has 1 aromatic carbocycles. The molecule has 0 bridgehead atoms. The van der Waals surface area contributed by atoms with E-state index in [0.717, 1.165) is 69.2 Å². The van der Waals surface area contributed by atoms with Crippen molar-refractivity contribution in [2.24, 2.45) is 0 Å². The average molecular weight is 398 g/mol. The van der Waals surface area contributed by atoms with Gasteiger partial charge in [-0.25, -0.2) is 9.37 Å². The van der Waals surface area contributed by atoms with Crippen LogP contribution in [0, 0.1) is 12.7 Å². The fraction of sp³-hybridized carbons (Fsp3) is 0.455. The van der Waals surface area contributed by atoms with Gasteiger partial charge < -0.3 is 19.9 Å². The minimum atomic E-state index is -0.426. The summed E-state index contributed by atoms with van der Waals surface area (Å²) in [5.74, 6) is 0.978. The van der Waals surface area contributed by atoms with Crippen LogP contribution in [-0.4, -0.2) is 50.3 Å². The van der Waals surface area contributed by atoms with Gasteiger partial charge in [0.1, 0.15) is 11.6 Å². The largest absolute Gasteiger partial charge is 0.380 e. The Hall–Kier alpha value is -2.67. The molecule has 7 heteroatoms. The Bertz CT molecular complexity index is 875. The Balaban J connectivity index is 1.66. The number of hydrogen-bond acceptors (Lipinski definition) is 5. The van der Waals surface area contributed by atoms with E-state index in [1.165, 1.54) is 12.1 Å². The molecule has 6 nitrogen and oxygen atoms in total. The SMILES string of the molecule is Cc1cc(NC(=O)c2cccc(F)c2)c(N2CCCC2)nc1N1CCCOCC1. The quantitative estimate of drug-likeness (QED) is 0.853. The first-order chi connectivity index (χ1) is 14.1. The van der Waals surface area contributed by atoms with Crippen LogP contribution in [0.5, 0.6) is 0 Å². The zero-order chi connectivity index (χ0) is 20.2. The van der Waals surface area contributed by atoms with Crippen LogP contribution in [-0.2, 0) is 4.74 Å². The molecule has 2 aliphatic rings. The van der Waals surface area contributed by atoms with Crippen LogP contribution in [0.15, 0.2) is 30.3 Å². The van der Waals surface area contributed by atoms with Gasteiger partial charge in [-0.1, -0.05) is 6.07 Å². The lowest BCUT2D eigenvalue weighted by Gasteiger charge is -2.27. The normalized spacial score (nSPS) is 17.3. The van der Waals surface area contributed by atoms with Gasteiger partial charge in [-0.3, -0.25) is 4.79 Å². The Morgan fingerprint density at radius 3 is 2.59 bits per heavy atom. The molecule has 29 heavy (non-hydrogen) atoms. The van der Waals surface area contributed by atoms with Crippen LogP contribution in [0.4, 0.5) is 21.7 Å². The van der Waals surface area contributed by atoms with Crippen molar-refractivity contribution in [3.63, 3.8) is 0 Å². The number of nitrogens with zero attached hydrogens (tertiary/aromatic N) is 3. The highest BCUT2D eigenvalue weighted by Gasteiger charge is 2.23. The van der Waals surface area contributed by atoms with Crippen molar-refractivity contribution in [2.75, 3.05) is 54.5 Å². The zero-order valence-corrected chi connectivity index (χ0v) is 16.8. The van der Waals surface area contributed by atoms with Crippen LogP contribution in [0.1, 0.15) is 35.2 Å². The van der Waals surface area contributed by atoms with E-state index in [0.29, 0.717) is 17.9 Å². The topological polar surface area (TPSA) is 57.7 Å². The molecule has 2 aliphatic heterocycles. The summed E-state index contributed by atoms with van der Waals surface area (Å²) >= 11 is 0. The molecule has 1 amide bonds. The van der Waals surface area contributed by atoms with Gasteiger partial charge in [-0.2, -0.15) is 0 Å². The van der Waals surface area contributed by atoms with Crippen LogP contribution in [0.25, 0.3) is 0 Å². The molecule has 0 radical (unpaired) electrons. The first kappa shape index (κ1) is 19.6. The predicted molar refractivity (Wildman–Crippen MR) is 112 cm³/mol. The van der Waals surface area contributed by atoms with Gasteiger partial charge in [0.25, 0.3) is 5.91 Å². The molecule has 2 saturated heterocycles. The highest BCUT2D eigenvalue weighted by Crippen LogP contribution is 2.33. The maximum Gasteiger partial charge on any atom is 0.255 e. The van der Waals surface area contributed by atoms with E-state index in [1.54, 1.807) is 12.1 Å². The van der Waals surface area contributed by atoms with E-state index in [4.69, 9.17) is 9.72 Å². The molecule has 0 unspecified atom stereocenters. The second-order valence-electron chi connectivity index (χ2n) is 7.61. The monoisotopic (exact) mass is 398 g/mol. The second kappa shape index (κ2) is 8.78. The number of aromatic nitrogens is 1. The lowest BCUT2D eigenvalue weighted by atomic mass is 10.2. The number of halogens is 1. The van der Waals surface area contributed by atoms with Gasteiger partial charge in [0.2, 0.25) is 0 Å². The number of aryl methyl sites for hydroxylation is 1. The van der Waals surface area contributed by atoms with Crippen LogP contribution in [0.3, 0.4) is 0 Å². The van der Waals surface area contributed by atoms with E-state index in [9.17, 15) is 9.18 Å². The van der Waals surface area contributed by atoms with E-state index < -0.39 is 5.82 Å². The van der Waals surface area contributed by atoms with Gasteiger partial charge >= 0.3 is 0 Å². The molecule has 0 spiro atoms. The number of rotatable bonds is 4. The summed E-state index contributed by atoms with van der Waals surface area (Å²) in [6.45, 7) is 7.03. The van der Waals surface area contributed by atoms with Crippen molar-refractivity contribution < 1.29 is 13.9 Å². The second-order valence-corrected chi connectivity index (χ2v) is 7.61. The zero-order valence-electron chi connectivity index (χ0n) is 16.8. The lowest BCUT2D eigenvalue weighted by Crippen LogP contribution is -2.29. The molecule has 0 saturated carbocycles. The van der Waals surface area contributed by atoms with Crippen LogP contribution >= 0.6 is 0 Å². The molecule has 2 fully saturated rings. The van der Waals surface area contributed by atoms with Gasteiger partial charge in [0.05, 0.1) is 12.3 Å². The molecule has 4 rings (SSSR count). The number of benzene rings is 1. The third kappa shape index (κ3) is 4.50. The maximum atomic E-state index is 13.5. The van der Waals surface area contributed by atoms with E-state index >= 15 is 0 Å². The number of pyridine rings is 1. The Morgan fingerprint density at radius 1 is 1.03 bits per heavy atom. The number of carbonyl (C=O) groups excluding carboxylic acids is 1. The number of ether oxygens (including phenoxy) is 1. The first-order valence-corrected chi connectivity index (χ1v) is 10.3. The van der Waals surface area contributed by atoms with Crippen LogP contribution in [0.2, 0.25) is 0 Å². The number of hydrogen-bond donors (Lipinski definition) is 1. The number of anilines is 3. The summed E-state index contributed by atoms with van der Waals surface area (Å²) in [6, 6.07) is 7.72. The lowest BCUT2D eigenvalue weighted by molar-refractivity contribution is 0.102. The van der Waals surface area contributed by atoms with Crippen molar-refractivity contribution in [3.05, 3.63) is 47.3 Å². The highest BCUT2D eigenvalue weighted by molar-refractivity contribution is 6.05. The molecule has 1 aromatic heterocycles.